The van der Waals surface area contributed by atoms with Gasteiger partial charge >= 0.3 is 0 Å². The van der Waals surface area contributed by atoms with Crippen molar-refractivity contribution in [1.29, 1.82) is 0 Å². The summed E-state index contributed by atoms with van der Waals surface area (Å²) in [6, 6.07) is 0. The van der Waals surface area contributed by atoms with Crippen LogP contribution in [0.5, 0.6) is 0 Å². The van der Waals surface area contributed by atoms with Crippen LogP contribution in [0, 0.1) is 5.92 Å². The molecular weight excluding hydrogens is 224 g/mol. The lowest BCUT2D eigenvalue weighted by Crippen LogP contribution is -2.31. The van der Waals surface area contributed by atoms with Crippen LogP contribution in [-0.2, 0) is 6.54 Å². The van der Waals surface area contributed by atoms with Crippen molar-refractivity contribution < 1.29 is 0 Å². The molecule has 1 aliphatic rings. The molecular formula is C14H24N4. The zero-order valence-electron chi connectivity index (χ0n) is 11.5. The molecule has 0 spiro atoms. The monoisotopic (exact) mass is 248 g/mol. The van der Waals surface area contributed by atoms with Gasteiger partial charge in [0.05, 0.1) is 0 Å². The molecule has 0 bridgehead atoms. The third-order valence-corrected chi connectivity index (χ3v) is 3.62. The molecule has 0 radical (unpaired) electrons. The van der Waals surface area contributed by atoms with Gasteiger partial charge < -0.3 is 10.2 Å². The molecule has 2 rings (SSSR count). The molecule has 1 aliphatic carbocycles. The lowest BCUT2D eigenvalue weighted by molar-refractivity contribution is 0.321. The summed E-state index contributed by atoms with van der Waals surface area (Å²) in [6.07, 6.45) is 8.88. The molecule has 1 aromatic heterocycles. The average molecular weight is 248 g/mol. The van der Waals surface area contributed by atoms with Crippen molar-refractivity contribution in [2.24, 2.45) is 5.92 Å². The summed E-state index contributed by atoms with van der Waals surface area (Å²) in [7, 11) is 2.14. The molecule has 4 nitrogen and oxygen atoms in total. The predicted octanol–water partition coefficient (Wildman–Crippen LogP) is 2.21. The highest BCUT2D eigenvalue weighted by Crippen LogP contribution is 2.28. The number of hydrogen-bond acceptors (Lipinski definition) is 4. The molecule has 1 fully saturated rings. The first kappa shape index (κ1) is 13.3. The predicted molar refractivity (Wildman–Crippen MR) is 74.6 cm³/mol. The molecule has 0 atom stereocenters. The standard InChI is InChI=1S/C14H24N4/c1-3-7-15-8-13-9-16-11-17-14(13)18(2)10-12-5-4-6-12/h9,11-12,15H,3-8,10H2,1-2H3. The van der Waals surface area contributed by atoms with E-state index < -0.39 is 0 Å². The van der Waals surface area contributed by atoms with E-state index in [0.717, 1.165) is 37.8 Å². The van der Waals surface area contributed by atoms with E-state index in [-0.39, 0.29) is 0 Å². The SMILES string of the molecule is CCCNCc1cncnc1N(C)CC1CCC1. The summed E-state index contributed by atoms with van der Waals surface area (Å²) >= 11 is 0. The third-order valence-electron chi connectivity index (χ3n) is 3.62. The second-order valence-electron chi connectivity index (χ2n) is 5.23. The van der Waals surface area contributed by atoms with E-state index in [4.69, 9.17) is 0 Å². The van der Waals surface area contributed by atoms with Gasteiger partial charge in [-0.1, -0.05) is 13.3 Å². The van der Waals surface area contributed by atoms with Crippen LogP contribution >= 0.6 is 0 Å². The third kappa shape index (κ3) is 3.42. The van der Waals surface area contributed by atoms with E-state index in [2.05, 4.69) is 34.2 Å². The van der Waals surface area contributed by atoms with Crippen molar-refractivity contribution in [3.8, 4) is 0 Å². The van der Waals surface area contributed by atoms with E-state index in [1.807, 2.05) is 6.20 Å². The lowest BCUT2D eigenvalue weighted by Gasteiger charge is -2.31. The highest BCUT2D eigenvalue weighted by atomic mass is 15.2. The Kier molecular flexibility index (Phi) is 4.93. The number of aromatic nitrogens is 2. The van der Waals surface area contributed by atoms with Gasteiger partial charge in [0.15, 0.2) is 0 Å². The van der Waals surface area contributed by atoms with Gasteiger partial charge in [0.2, 0.25) is 0 Å². The number of hydrogen-bond donors (Lipinski definition) is 1. The number of rotatable bonds is 7. The Morgan fingerprint density at radius 3 is 2.94 bits per heavy atom. The minimum absolute atomic E-state index is 0.860. The fourth-order valence-corrected chi connectivity index (χ4v) is 2.37. The second kappa shape index (κ2) is 6.69. The molecule has 4 heteroatoms. The highest BCUT2D eigenvalue weighted by molar-refractivity contribution is 5.44. The molecule has 18 heavy (non-hydrogen) atoms. The molecule has 0 aliphatic heterocycles. The molecule has 0 aromatic carbocycles. The second-order valence-corrected chi connectivity index (χ2v) is 5.23. The van der Waals surface area contributed by atoms with Crippen molar-refractivity contribution in [1.82, 2.24) is 15.3 Å². The summed E-state index contributed by atoms with van der Waals surface area (Å²) in [4.78, 5) is 10.9. The van der Waals surface area contributed by atoms with Gasteiger partial charge in [0.1, 0.15) is 12.1 Å². The Morgan fingerprint density at radius 2 is 2.28 bits per heavy atom. The lowest BCUT2D eigenvalue weighted by atomic mass is 9.85. The Morgan fingerprint density at radius 1 is 1.44 bits per heavy atom. The summed E-state index contributed by atoms with van der Waals surface area (Å²) in [6.45, 7) is 5.20. The van der Waals surface area contributed by atoms with Gasteiger partial charge in [-0.25, -0.2) is 9.97 Å². The highest BCUT2D eigenvalue weighted by Gasteiger charge is 2.20. The van der Waals surface area contributed by atoms with Crippen LogP contribution in [0.1, 0.15) is 38.2 Å². The van der Waals surface area contributed by atoms with Crippen molar-refractivity contribution in [3.05, 3.63) is 18.1 Å². The number of anilines is 1. The molecule has 1 saturated carbocycles. The van der Waals surface area contributed by atoms with E-state index >= 15 is 0 Å². The fraction of sp³-hybridized carbons (Fsp3) is 0.714. The number of nitrogens with zero attached hydrogens (tertiary/aromatic N) is 3. The quantitative estimate of drug-likeness (QED) is 0.751. The topological polar surface area (TPSA) is 41.1 Å². The molecule has 0 amide bonds. The molecule has 1 heterocycles. The van der Waals surface area contributed by atoms with E-state index in [1.165, 1.54) is 24.8 Å². The maximum Gasteiger partial charge on any atom is 0.136 e. The maximum atomic E-state index is 4.44. The van der Waals surface area contributed by atoms with Gasteiger partial charge in [-0.2, -0.15) is 0 Å². The van der Waals surface area contributed by atoms with Crippen LogP contribution in [0.4, 0.5) is 5.82 Å². The van der Waals surface area contributed by atoms with Crippen molar-refractivity contribution in [2.75, 3.05) is 25.0 Å². The van der Waals surface area contributed by atoms with Gasteiger partial charge in [0, 0.05) is 31.9 Å². The van der Waals surface area contributed by atoms with Crippen LogP contribution in [0.25, 0.3) is 0 Å². The largest absolute Gasteiger partial charge is 0.359 e. The summed E-state index contributed by atoms with van der Waals surface area (Å²) in [5.74, 6) is 1.95. The van der Waals surface area contributed by atoms with Crippen LogP contribution in [-0.4, -0.2) is 30.1 Å². The van der Waals surface area contributed by atoms with E-state index in [9.17, 15) is 0 Å². The maximum absolute atomic E-state index is 4.44. The van der Waals surface area contributed by atoms with Gasteiger partial charge in [-0.15, -0.1) is 0 Å². The summed E-state index contributed by atoms with van der Waals surface area (Å²) in [5.41, 5.74) is 1.20. The first-order valence-electron chi connectivity index (χ1n) is 7.02. The zero-order chi connectivity index (χ0) is 12.8. The van der Waals surface area contributed by atoms with Gasteiger partial charge in [-0.3, -0.25) is 0 Å². The minimum Gasteiger partial charge on any atom is -0.359 e. The molecule has 1 N–H and O–H groups in total. The zero-order valence-corrected chi connectivity index (χ0v) is 11.5. The molecule has 1 aromatic rings. The number of nitrogens with one attached hydrogen (secondary N) is 1. The van der Waals surface area contributed by atoms with Crippen molar-refractivity contribution in [3.63, 3.8) is 0 Å². The fourth-order valence-electron chi connectivity index (χ4n) is 2.37. The van der Waals surface area contributed by atoms with Crippen LogP contribution in [0.3, 0.4) is 0 Å². The molecule has 0 unspecified atom stereocenters. The Labute approximate surface area is 110 Å². The summed E-state index contributed by atoms with van der Waals surface area (Å²) in [5, 5.41) is 3.42. The van der Waals surface area contributed by atoms with Crippen LogP contribution in [0.2, 0.25) is 0 Å². The normalized spacial score (nSPS) is 15.4. The summed E-state index contributed by atoms with van der Waals surface area (Å²) < 4.78 is 0. The molecule has 0 saturated heterocycles. The minimum atomic E-state index is 0.860. The smallest absolute Gasteiger partial charge is 0.136 e. The first-order valence-corrected chi connectivity index (χ1v) is 7.02. The first-order chi connectivity index (χ1) is 8.81. The van der Waals surface area contributed by atoms with Crippen LogP contribution in [0.15, 0.2) is 12.5 Å². The Hall–Kier alpha value is -1.16. The van der Waals surface area contributed by atoms with Crippen LogP contribution < -0.4 is 10.2 Å². The van der Waals surface area contributed by atoms with E-state index in [1.54, 1.807) is 6.33 Å². The average Bonchev–Trinajstić information content (AvgIpc) is 2.34. The Balaban J connectivity index is 1.96. The Bertz CT molecular complexity index is 363. The van der Waals surface area contributed by atoms with Gasteiger partial charge in [-0.05, 0) is 31.7 Å². The van der Waals surface area contributed by atoms with Gasteiger partial charge in [0.25, 0.3) is 0 Å². The van der Waals surface area contributed by atoms with Crippen molar-refractivity contribution in [2.45, 2.75) is 39.2 Å². The van der Waals surface area contributed by atoms with E-state index in [0.29, 0.717) is 0 Å². The van der Waals surface area contributed by atoms with Crippen molar-refractivity contribution >= 4 is 5.82 Å². The molecule has 100 valence electrons.